The maximum absolute atomic E-state index is 8.89. The van der Waals surface area contributed by atoms with E-state index in [0.717, 1.165) is 5.69 Å². The smallest absolute Gasteiger partial charge is 0.101 e. The van der Waals surface area contributed by atoms with Crippen molar-refractivity contribution in [2.75, 3.05) is 0 Å². The van der Waals surface area contributed by atoms with Gasteiger partial charge in [-0.1, -0.05) is 11.6 Å². The zero-order valence-corrected chi connectivity index (χ0v) is 9.02. The summed E-state index contributed by atoms with van der Waals surface area (Å²) in [6.45, 7) is -0.100. The Balaban J connectivity index is 2.42. The largest absolute Gasteiger partial charge is 0.390 e. The van der Waals surface area contributed by atoms with Gasteiger partial charge in [-0.3, -0.25) is 0 Å². The summed E-state index contributed by atoms with van der Waals surface area (Å²) in [6, 6.07) is 8.75. The van der Waals surface area contributed by atoms with Crippen molar-refractivity contribution in [1.82, 2.24) is 9.78 Å². The van der Waals surface area contributed by atoms with E-state index in [9.17, 15) is 0 Å². The molecule has 0 spiro atoms. The molecule has 2 aromatic rings. The van der Waals surface area contributed by atoms with Gasteiger partial charge in [0.1, 0.15) is 6.07 Å². The van der Waals surface area contributed by atoms with Gasteiger partial charge in [-0.25, -0.2) is 4.68 Å². The van der Waals surface area contributed by atoms with Gasteiger partial charge in [0.2, 0.25) is 0 Å². The zero-order chi connectivity index (χ0) is 11.5. The fourth-order valence-electron chi connectivity index (χ4n) is 1.33. The average Bonchev–Trinajstić information content (AvgIpc) is 2.77. The Morgan fingerprint density at radius 3 is 2.81 bits per heavy atom. The summed E-state index contributed by atoms with van der Waals surface area (Å²) in [5, 5.41) is 22.1. The van der Waals surface area contributed by atoms with Crippen LogP contribution in [0.5, 0.6) is 0 Å². The van der Waals surface area contributed by atoms with E-state index in [-0.39, 0.29) is 6.61 Å². The molecule has 16 heavy (non-hydrogen) atoms. The molecule has 2 rings (SSSR count). The van der Waals surface area contributed by atoms with Crippen LogP contribution < -0.4 is 0 Å². The molecule has 0 aliphatic rings. The Labute approximate surface area is 97.3 Å². The highest BCUT2D eigenvalue weighted by molar-refractivity contribution is 6.31. The van der Waals surface area contributed by atoms with Crippen molar-refractivity contribution in [3.8, 4) is 11.8 Å². The SMILES string of the molecule is N#Cc1ccc(-n2ccc(CO)n2)cc1Cl. The third-order valence-corrected chi connectivity index (χ3v) is 2.46. The molecule has 4 nitrogen and oxygen atoms in total. The number of aromatic nitrogens is 2. The van der Waals surface area contributed by atoms with Crippen LogP contribution in [0.15, 0.2) is 30.5 Å². The third-order valence-electron chi connectivity index (χ3n) is 2.14. The fraction of sp³-hybridized carbons (Fsp3) is 0.0909. The molecule has 0 fully saturated rings. The Bertz CT molecular complexity index is 557. The highest BCUT2D eigenvalue weighted by atomic mass is 35.5. The Hall–Kier alpha value is -1.83. The molecule has 5 heteroatoms. The van der Waals surface area contributed by atoms with Crippen molar-refractivity contribution >= 4 is 11.6 Å². The lowest BCUT2D eigenvalue weighted by atomic mass is 10.2. The average molecular weight is 234 g/mol. The van der Waals surface area contributed by atoms with Crippen molar-refractivity contribution in [3.63, 3.8) is 0 Å². The summed E-state index contributed by atoms with van der Waals surface area (Å²) in [7, 11) is 0. The van der Waals surface area contributed by atoms with Crippen LogP contribution >= 0.6 is 11.6 Å². The van der Waals surface area contributed by atoms with Gasteiger partial charge in [0.25, 0.3) is 0 Å². The van der Waals surface area contributed by atoms with Gasteiger partial charge in [-0.15, -0.1) is 0 Å². The fourth-order valence-corrected chi connectivity index (χ4v) is 1.54. The van der Waals surface area contributed by atoms with E-state index in [1.807, 2.05) is 6.07 Å². The van der Waals surface area contributed by atoms with Gasteiger partial charge in [0, 0.05) is 6.20 Å². The van der Waals surface area contributed by atoms with Gasteiger partial charge in [0.15, 0.2) is 0 Å². The normalized spacial score (nSPS) is 10.1. The number of benzene rings is 1. The molecular formula is C11H8ClN3O. The van der Waals surface area contributed by atoms with Crippen LogP contribution in [0.4, 0.5) is 0 Å². The molecule has 1 aromatic carbocycles. The van der Waals surface area contributed by atoms with Crippen molar-refractivity contribution in [2.45, 2.75) is 6.61 Å². The Morgan fingerprint density at radius 2 is 2.25 bits per heavy atom. The molecule has 0 aliphatic heterocycles. The minimum atomic E-state index is -0.100. The summed E-state index contributed by atoms with van der Waals surface area (Å²) in [6.07, 6.45) is 1.73. The monoisotopic (exact) mass is 233 g/mol. The second kappa shape index (κ2) is 4.35. The van der Waals surface area contributed by atoms with Gasteiger partial charge < -0.3 is 5.11 Å². The molecular weight excluding hydrogens is 226 g/mol. The number of nitrogens with zero attached hydrogens (tertiary/aromatic N) is 3. The molecule has 0 bridgehead atoms. The van der Waals surface area contributed by atoms with E-state index < -0.39 is 0 Å². The molecule has 0 aliphatic carbocycles. The second-order valence-corrected chi connectivity index (χ2v) is 3.59. The van der Waals surface area contributed by atoms with E-state index in [1.165, 1.54) is 0 Å². The van der Waals surface area contributed by atoms with E-state index in [4.69, 9.17) is 22.0 Å². The summed E-state index contributed by atoms with van der Waals surface area (Å²) in [4.78, 5) is 0. The number of nitriles is 1. The minimum absolute atomic E-state index is 0.100. The van der Waals surface area contributed by atoms with E-state index in [0.29, 0.717) is 16.3 Å². The standard InChI is InChI=1S/C11H8ClN3O/c12-11-5-10(2-1-8(11)6-13)15-4-3-9(7-16)14-15/h1-5,16H,7H2. The Morgan fingerprint density at radius 1 is 1.44 bits per heavy atom. The van der Waals surface area contributed by atoms with Gasteiger partial charge in [-0.05, 0) is 24.3 Å². The lowest BCUT2D eigenvalue weighted by molar-refractivity contribution is 0.276. The number of aliphatic hydroxyl groups is 1. The highest BCUT2D eigenvalue weighted by Crippen LogP contribution is 2.19. The van der Waals surface area contributed by atoms with Crippen LogP contribution in [0, 0.1) is 11.3 Å². The molecule has 0 amide bonds. The van der Waals surface area contributed by atoms with Crippen molar-refractivity contribution < 1.29 is 5.11 Å². The molecule has 0 saturated carbocycles. The van der Waals surface area contributed by atoms with Gasteiger partial charge >= 0.3 is 0 Å². The molecule has 0 atom stereocenters. The van der Waals surface area contributed by atoms with Crippen LogP contribution in [0.3, 0.4) is 0 Å². The summed E-state index contributed by atoms with van der Waals surface area (Å²) in [5.41, 5.74) is 1.77. The van der Waals surface area contributed by atoms with Crippen LogP contribution in [0.2, 0.25) is 5.02 Å². The van der Waals surface area contributed by atoms with Crippen LogP contribution in [0.1, 0.15) is 11.3 Å². The molecule has 0 saturated heterocycles. The minimum Gasteiger partial charge on any atom is -0.390 e. The number of hydrogen-bond donors (Lipinski definition) is 1. The van der Waals surface area contributed by atoms with Crippen LogP contribution in [-0.4, -0.2) is 14.9 Å². The van der Waals surface area contributed by atoms with E-state index >= 15 is 0 Å². The molecule has 1 N–H and O–H groups in total. The van der Waals surface area contributed by atoms with Crippen molar-refractivity contribution in [2.24, 2.45) is 0 Å². The lowest BCUT2D eigenvalue weighted by Crippen LogP contribution is -1.96. The van der Waals surface area contributed by atoms with E-state index in [2.05, 4.69) is 5.10 Å². The van der Waals surface area contributed by atoms with Gasteiger partial charge in [0.05, 0.1) is 28.6 Å². The summed E-state index contributed by atoms with van der Waals surface area (Å²) >= 11 is 5.91. The van der Waals surface area contributed by atoms with Crippen LogP contribution in [0.25, 0.3) is 5.69 Å². The first-order valence-electron chi connectivity index (χ1n) is 4.60. The molecule has 1 aromatic heterocycles. The van der Waals surface area contributed by atoms with E-state index in [1.54, 1.807) is 35.1 Å². The predicted molar refractivity (Wildman–Crippen MR) is 59.2 cm³/mol. The maximum Gasteiger partial charge on any atom is 0.101 e. The first kappa shape index (κ1) is 10.7. The van der Waals surface area contributed by atoms with Crippen molar-refractivity contribution in [3.05, 3.63) is 46.7 Å². The molecule has 80 valence electrons. The quantitative estimate of drug-likeness (QED) is 0.862. The Kier molecular flexibility index (Phi) is 2.91. The number of halogens is 1. The number of rotatable bonds is 2. The number of hydrogen-bond acceptors (Lipinski definition) is 3. The second-order valence-electron chi connectivity index (χ2n) is 3.19. The number of aliphatic hydroxyl groups excluding tert-OH is 1. The predicted octanol–water partition coefficient (Wildman–Crippen LogP) is 1.89. The third kappa shape index (κ3) is 1.91. The maximum atomic E-state index is 8.89. The topological polar surface area (TPSA) is 61.8 Å². The van der Waals surface area contributed by atoms with Gasteiger partial charge in [-0.2, -0.15) is 10.4 Å². The zero-order valence-electron chi connectivity index (χ0n) is 8.26. The molecule has 0 radical (unpaired) electrons. The highest BCUT2D eigenvalue weighted by Gasteiger charge is 2.04. The van der Waals surface area contributed by atoms with Crippen molar-refractivity contribution in [1.29, 1.82) is 5.26 Å². The summed E-state index contributed by atoms with van der Waals surface area (Å²) < 4.78 is 1.60. The van der Waals surface area contributed by atoms with Crippen LogP contribution in [-0.2, 0) is 6.61 Å². The first-order chi connectivity index (χ1) is 7.74. The summed E-state index contributed by atoms with van der Waals surface area (Å²) in [5.74, 6) is 0. The molecule has 1 heterocycles. The first-order valence-corrected chi connectivity index (χ1v) is 4.98. The lowest BCUT2D eigenvalue weighted by Gasteiger charge is -2.02. The molecule has 0 unspecified atom stereocenters.